The van der Waals surface area contributed by atoms with E-state index in [0.29, 0.717) is 28.1 Å². The molecule has 4 aromatic rings. The van der Waals surface area contributed by atoms with E-state index >= 15 is 0 Å². The van der Waals surface area contributed by atoms with Crippen molar-refractivity contribution in [2.45, 2.75) is 13.8 Å². The number of carbonyl (C=O) groups is 2. The molecule has 34 heavy (non-hydrogen) atoms. The van der Waals surface area contributed by atoms with Gasteiger partial charge in [-0.1, -0.05) is 35.9 Å². The fourth-order valence-corrected chi connectivity index (χ4v) is 3.90. The van der Waals surface area contributed by atoms with Crippen LogP contribution in [0.25, 0.3) is 6.08 Å². The summed E-state index contributed by atoms with van der Waals surface area (Å²) in [6.07, 6.45) is 4.51. The van der Waals surface area contributed by atoms with E-state index in [0.717, 1.165) is 11.3 Å². The van der Waals surface area contributed by atoms with Gasteiger partial charge in [-0.25, -0.2) is 9.97 Å². The lowest BCUT2D eigenvalue weighted by molar-refractivity contribution is -0.116. The standard InChI is InChI=1S/C26H22N4O3S/c1-18-8-12-23(13-9-18)33-25-15-11-20(16-27-25)28-24(32)14-10-21-17-34-26(29-21)30(19(2)31)22-6-4-3-5-7-22/h3-17H,1-2H3,(H,28,32)/b14-10+. The maximum Gasteiger partial charge on any atom is 0.248 e. The van der Waals surface area contributed by atoms with Crippen LogP contribution in [0.4, 0.5) is 16.5 Å². The Morgan fingerprint density at radius 1 is 1.03 bits per heavy atom. The Labute approximate surface area is 201 Å². The second-order valence-electron chi connectivity index (χ2n) is 7.37. The van der Waals surface area contributed by atoms with Crippen LogP contribution in [0.15, 0.2) is 84.4 Å². The third kappa shape index (κ3) is 5.93. The Morgan fingerprint density at radius 2 is 1.79 bits per heavy atom. The first-order valence-corrected chi connectivity index (χ1v) is 11.4. The molecule has 0 atom stereocenters. The van der Waals surface area contributed by atoms with Gasteiger partial charge in [-0.05, 0) is 43.3 Å². The molecular weight excluding hydrogens is 448 g/mol. The number of carbonyl (C=O) groups excluding carboxylic acids is 2. The molecule has 0 spiro atoms. The second-order valence-corrected chi connectivity index (χ2v) is 8.20. The third-order valence-electron chi connectivity index (χ3n) is 4.68. The number of benzene rings is 2. The van der Waals surface area contributed by atoms with Gasteiger partial charge in [0.05, 0.1) is 23.3 Å². The van der Waals surface area contributed by atoms with E-state index in [1.807, 2.05) is 61.5 Å². The minimum absolute atomic E-state index is 0.142. The van der Waals surface area contributed by atoms with Crippen LogP contribution in [0.3, 0.4) is 0 Å². The largest absolute Gasteiger partial charge is 0.439 e. The van der Waals surface area contributed by atoms with Crippen LogP contribution in [0.5, 0.6) is 11.6 Å². The minimum Gasteiger partial charge on any atom is -0.439 e. The zero-order chi connectivity index (χ0) is 23.9. The Hall–Kier alpha value is -4.30. The van der Waals surface area contributed by atoms with Crippen molar-refractivity contribution in [1.82, 2.24) is 9.97 Å². The predicted octanol–water partition coefficient (Wildman–Crippen LogP) is 5.98. The highest BCUT2D eigenvalue weighted by atomic mass is 32.1. The van der Waals surface area contributed by atoms with E-state index in [-0.39, 0.29) is 11.8 Å². The number of amides is 2. The fraction of sp³-hybridized carbons (Fsp3) is 0.0769. The molecule has 7 nitrogen and oxygen atoms in total. The summed E-state index contributed by atoms with van der Waals surface area (Å²) in [5, 5.41) is 5.07. The highest BCUT2D eigenvalue weighted by molar-refractivity contribution is 7.14. The van der Waals surface area contributed by atoms with Crippen molar-refractivity contribution in [2.75, 3.05) is 10.2 Å². The minimum atomic E-state index is -0.324. The summed E-state index contributed by atoms with van der Waals surface area (Å²) in [5.74, 6) is 0.656. The summed E-state index contributed by atoms with van der Waals surface area (Å²) in [6.45, 7) is 3.50. The maximum absolute atomic E-state index is 12.3. The number of thiazole rings is 1. The molecule has 1 N–H and O–H groups in total. The zero-order valence-corrected chi connectivity index (χ0v) is 19.5. The van der Waals surface area contributed by atoms with Crippen molar-refractivity contribution in [3.05, 3.63) is 95.6 Å². The van der Waals surface area contributed by atoms with Gasteiger partial charge in [-0.2, -0.15) is 0 Å². The Morgan fingerprint density at radius 3 is 2.47 bits per heavy atom. The number of hydrogen-bond donors (Lipinski definition) is 1. The first-order valence-electron chi connectivity index (χ1n) is 10.5. The summed E-state index contributed by atoms with van der Waals surface area (Å²) >= 11 is 1.33. The molecule has 2 heterocycles. The lowest BCUT2D eigenvalue weighted by Gasteiger charge is -2.17. The number of pyridine rings is 1. The smallest absolute Gasteiger partial charge is 0.248 e. The van der Waals surface area contributed by atoms with Crippen molar-refractivity contribution >= 4 is 45.7 Å². The summed E-state index contributed by atoms with van der Waals surface area (Å²) < 4.78 is 5.70. The van der Waals surface area contributed by atoms with Gasteiger partial charge in [-0.15, -0.1) is 11.3 Å². The molecule has 2 aromatic heterocycles. The molecule has 0 saturated carbocycles. The van der Waals surface area contributed by atoms with Gasteiger partial charge in [0.2, 0.25) is 17.7 Å². The van der Waals surface area contributed by atoms with Gasteiger partial charge >= 0.3 is 0 Å². The lowest BCUT2D eigenvalue weighted by atomic mass is 10.2. The SMILES string of the molecule is CC(=O)N(c1ccccc1)c1nc(/C=C/C(=O)Nc2ccc(Oc3ccc(C)cc3)nc2)cs1. The topological polar surface area (TPSA) is 84.4 Å². The van der Waals surface area contributed by atoms with Crippen LogP contribution < -0.4 is 15.0 Å². The Bertz CT molecular complexity index is 1300. The summed E-state index contributed by atoms with van der Waals surface area (Å²) in [7, 11) is 0. The van der Waals surface area contributed by atoms with E-state index in [4.69, 9.17) is 4.74 Å². The van der Waals surface area contributed by atoms with Crippen LogP contribution in [-0.4, -0.2) is 21.8 Å². The molecule has 0 aliphatic heterocycles. The van der Waals surface area contributed by atoms with Gasteiger partial charge in [-0.3, -0.25) is 14.5 Å². The van der Waals surface area contributed by atoms with Crippen molar-refractivity contribution in [1.29, 1.82) is 0 Å². The zero-order valence-electron chi connectivity index (χ0n) is 18.6. The lowest BCUT2D eigenvalue weighted by Crippen LogP contribution is -2.22. The van der Waals surface area contributed by atoms with Gasteiger partial charge in [0, 0.05) is 24.4 Å². The van der Waals surface area contributed by atoms with Crippen molar-refractivity contribution in [3.8, 4) is 11.6 Å². The summed E-state index contributed by atoms with van der Waals surface area (Å²) in [4.78, 5) is 34.7. The number of ether oxygens (including phenoxy) is 1. The highest BCUT2D eigenvalue weighted by Crippen LogP contribution is 2.29. The van der Waals surface area contributed by atoms with E-state index in [1.54, 1.807) is 23.6 Å². The first kappa shape index (κ1) is 22.9. The molecule has 170 valence electrons. The first-order chi connectivity index (χ1) is 16.5. The van der Waals surface area contributed by atoms with Gasteiger partial charge in [0.15, 0.2) is 5.13 Å². The van der Waals surface area contributed by atoms with E-state index in [9.17, 15) is 9.59 Å². The van der Waals surface area contributed by atoms with E-state index < -0.39 is 0 Å². The van der Waals surface area contributed by atoms with Crippen LogP contribution in [0.2, 0.25) is 0 Å². The van der Waals surface area contributed by atoms with Crippen LogP contribution in [0.1, 0.15) is 18.2 Å². The fourth-order valence-electron chi connectivity index (χ4n) is 3.05. The third-order valence-corrected chi connectivity index (χ3v) is 5.53. The Balaban J connectivity index is 1.36. The number of nitrogens with zero attached hydrogens (tertiary/aromatic N) is 3. The number of aryl methyl sites for hydroxylation is 1. The molecule has 0 saturated heterocycles. The molecule has 0 unspecified atom stereocenters. The second kappa shape index (κ2) is 10.5. The molecule has 4 rings (SSSR count). The molecule has 0 fully saturated rings. The Kier molecular flexibility index (Phi) is 7.10. The highest BCUT2D eigenvalue weighted by Gasteiger charge is 2.17. The number of rotatable bonds is 7. The quantitative estimate of drug-likeness (QED) is 0.336. The number of aromatic nitrogens is 2. The van der Waals surface area contributed by atoms with Crippen LogP contribution >= 0.6 is 11.3 Å². The number of hydrogen-bond acceptors (Lipinski definition) is 6. The van der Waals surface area contributed by atoms with Gasteiger partial charge in [0.1, 0.15) is 5.75 Å². The van der Waals surface area contributed by atoms with E-state index in [1.165, 1.54) is 35.4 Å². The number of para-hydroxylation sites is 1. The van der Waals surface area contributed by atoms with Crippen LogP contribution in [0, 0.1) is 6.92 Å². The van der Waals surface area contributed by atoms with Gasteiger partial charge < -0.3 is 10.1 Å². The molecular formula is C26H22N4O3S. The number of anilines is 3. The monoisotopic (exact) mass is 470 g/mol. The average molecular weight is 471 g/mol. The van der Waals surface area contributed by atoms with Crippen molar-refractivity contribution < 1.29 is 14.3 Å². The molecule has 0 radical (unpaired) electrons. The molecule has 2 aromatic carbocycles. The molecule has 0 aliphatic carbocycles. The summed E-state index contributed by atoms with van der Waals surface area (Å²) in [6, 6.07) is 20.4. The summed E-state index contributed by atoms with van der Waals surface area (Å²) in [5.41, 5.74) is 3.00. The van der Waals surface area contributed by atoms with Crippen molar-refractivity contribution in [3.63, 3.8) is 0 Å². The molecule has 0 bridgehead atoms. The van der Waals surface area contributed by atoms with Gasteiger partial charge in [0.25, 0.3) is 0 Å². The molecule has 8 heteroatoms. The van der Waals surface area contributed by atoms with Crippen molar-refractivity contribution in [2.24, 2.45) is 0 Å². The van der Waals surface area contributed by atoms with E-state index in [2.05, 4.69) is 15.3 Å². The maximum atomic E-state index is 12.3. The molecule has 0 aliphatic rings. The van der Waals surface area contributed by atoms with Crippen LogP contribution in [-0.2, 0) is 9.59 Å². The molecule has 2 amide bonds. The normalized spacial score (nSPS) is 10.8. The average Bonchev–Trinajstić information content (AvgIpc) is 3.29. The predicted molar refractivity (Wildman–Crippen MR) is 135 cm³/mol. The number of nitrogens with one attached hydrogen (secondary N) is 1.